The number of carbonyl (C=O) groups is 1. The molecule has 1 aromatic carbocycles. The number of hydrogen-bond donors (Lipinski definition) is 0. The summed E-state index contributed by atoms with van der Waals surface area (Å²) in [7, 11) is 0. The van der Waals surface area contributed by atoms with Crippen molar-refractivity contribution in [3.05, 3.63) is 24.3 Å². The van der Waals surface area contributed by atoms with Gasteiger partial charge in [0.15, 0.2) is 5.16 Å². The molecular formula is C20H27N5O2S2. The van der Waals surface area contributed by atoms with Gasteiger partial charge in [0, 0.05) is 36.3 Å². The van der Waals surface area contributed by atoms with Gasteiger partial charge in [0.2, 0.25) is 11.9 Å². The van der Waals surface area contributed by atoms with Crippen LogP contribution in [0.1, 0.15) is 20.3 Å². The molecule has 1 amide bonds. The second-order valence-corrected chi connectivity index (χ2v) is 9.57. The number of aromatic nitrogens is 3. The zero-order valence-electron chi connectivity index (χ0n) is 16.9. The number of ether oxygens (including phenoxy) is 1. The minimum atomic E-state index is 0.121. The van der Waals surface area contributed by atoms with Crippen molar-refractivity contribution in [3.63, 3.8) is 0 Å². The average Bonchev–Trinajstić information content (AvgIpc) is 3.08. The third kappa shape index (κ3) is 4.57. The highest BCUT2D eigenvalue weighted by molar-refractivity contribution is 8.00. The third-order valence-electron chi connectivity index (χ3n) is 5.18. The van der Waals surface area contributed by atoms with Crippen LogP contribution < -0.4 is 9.80 Å². The van der Waals surface area contributed by atoms with Gasteiger partial charge in [-0.2, -0.15) is 0 Å². The largest absolute Gasteiger partial charge is 0.378 e. The summed E-state index contributed by atoms with van der Waals surface area (Å²) >= 11 is 3.32. The van der Waals surface area contributed by atoms with Gasteiger partial charge in [-0.25, -0.2) is 0 Å². The molecule has 0 spiro atoms. The standard InChI is InChI=1S/C20H27N5O2S2/c1-3-24-19(23-10-12-27-13-11-23)21-22-20(24)28-14-18(26)25-9-8-15(2)29-17-7-5-4-6-16(17)25/h4-7,15H,3,8-14H2,1-2H3/t15-/m1/s1. The predicted molar refractivity (Wildman–Crippen MR) is 118 cm³/mol. The first-order chi connectivity index (χ1) is 14.2. The lowest BCUT2D eigenvalue weighted by Crippen LogP contribution is -2.38. The fourth-order valence-corrected chi connectivity index (χ4v) is 5.60. The summed E-state index contributed by atoms with van der Waals surface area (Å²) in [4.78, 5) is 18.4. The molecule has 7 nitrogen and oxygen atoms in total. The van der Waals surface area contributed by atoms with E-state index in [1.807, 2.05) is 34.9 Å². The van der Waals surface area contributed by atoms with Crippen LogP contribution in [0.4, 0.5) is 11.6 Å². The zero-order chi connectivity index (χ0) is 20.2. The quantitative estimate of drug-likeness (QED) is 0.671. The normalized spacial score (nSPS) is 19.7. The van der Waals surface area contributed by atoms with E-state index >= 15 is 0 Å². The monoisotopic (exact) mass is 433 g/mol. The van der Waals surface area contributed by atoms with Gasteiger partial charge in [0.25, 0.3) is 0 Å². The number of anilines is 2. The van der Waals surface area contributed by atoms with E-state index in [4.69, 9.17) is 4.74 Å². The third-order valence-corrected chi connectivity index (χ3v) is 7.37. The second-order valence-electron chi connectivity index (χ2n) is 7.15. The number of carbonyl (C=O) groups excluding carboxylic acids is 1. The highest BCUT2D eigenvalue weighted by Gasteiger charge is 2.25. The lowest BCUT2D eigenvalue weighted by molar-refractivity contribution is -0.116. The van der Waals surface area contributed by atoms with E-state index < -0.39 is 0 Å². The highest BCUT2D eigenvalue weighted by Crippen LogP contribution is 2.37. The Kier molecular flexibility index (Phi) is 6.67. The second kappa shape index (κ2) is 9.40. The van der Waals surface area contributed by atoms with Gasteiger partial charge in [-0.3, -0.25) is 9.36 Å². The Morgan fingerprint density at radius 2 is 2.03 bits per heavy atom. The molecular weight excluding hydrogens is 406 g/mol. The summed E-state index contributed by atoms with van der Waals surface area (Å²) in [6.45, 7) is 8.90. The Bertz CT molecular complexity index is 853. The van der Waals surface area contributed by atoms with Crippen molar-refractivity contribution in [2.24, 2.45) is 0 Å². The molecule has 0 saturated carbocycles. The molecule has 0 bridgehead atoms. The number of benzene rings is 1. The predicted octanol–water partition coefficient (Wildman–Crippen LogP) is 3.14. The van der Waals surface area contributed by atoms with E-state index in [0.717, 1.165) is 49.4 Å². The van der Waals surface area contributed by atoms with Crippen molar-refractivity contribution in [3.8, 4) is 0 Å². The number of rotatable bonds is 5. The number of fused-ring (bicyclic) bond motifs is 1. The molecule has 4 rings (SSSR count). The molecule has 2 aliphatic rings. The molecule has 9 heteroatoms. The molecule has 156 valence electrons. The maximum absolute atomic E-state index is 13.1. The Morgan fingerprint density at radius 3 is 2.83 bits per heavy atom. The molecule has 3 heterocycles. The highest BCUT2D eigenvalue weighted by atomic mass is 32.2. The van der Waals surface area contributed by atoms with E-state index in [2.05, 4.69) is 39.6 Å². The van der Waals surface area contributed by atoms with E-state index in [1.165, 1.54) is 16.7 Å². The van der Waals surface area contributed by atoms with Crippen LogP contribution in [0.25, 0.3) is 0 Å². The SMILES string of the molecule is CCn1c(SCC(=O)N2CC[C@@H](C)Sc3ccccc32)nnc1N1CCOCC1. The number of thioether (sulfide) groups is 2. The average molecular weight is 434 g/mol. The van der Waals surface area contributed by atoms with Gasteiger partial charge in [0.05, 0.1) is 24.7 Å². The van der Waals surface area contributed by atoms with Crippen molar-refractivity contribution in [1.82, 2.24) is 14.8 Å². The van der Waals surface area contributed by atoms with Crippen LogP contribution in [0.15, 0.2) is 34.3 Å². The van der Waals surface area contributed by atoms with E-state index in [1.54, 1.807) is 0 Å². The summed E-state index contributed by atoms with van der Waals surface area (Å²) in [5.41, 5.74) is 1.03. The number of morpholine rings is 1. The van der Waals surface area contributed by atoms with Gasteiger partial charge in [0.1, 0.15) is 0 Å². The lowest BCUT2D eigenvalue weighted by Gasteiger charge is -2.27. The Balaban J connectivity index is 1.47. The summed E-state index contributed by atoms with van der Waals surface area (Å²) < 4.78 is 7.53. The summed E-state index contributed by atoms with van der Waals surface area (Å²) in [6, 6.07) is 8.20. The van der Waals surface area contributed by atoms with Gasteiger partial charge in [-0.1, -0.05) is 30.8 Å². The van der Waals surface area contributed by atoms with Crippen molar-refractivity contribution in [2.45, 2.75) is 42.1 Å². The van der Waals surface area contributed by atoms with Crippen LogP contribution in [0.5, 0.6) is 0 Å². The van der Waals surface area contributed by atoms with E-state index in [9.17, 15) is 4.79 Å². The molecule has 1 atom stereocenters. The Morgan fingerprint density at radius 1 is 1.24 bits per heavy atom. The Hall–Kier alpha value is -1.71. The number of hydrogen-bond acceptors (Lipinski definition) is 7. The van der Waals surface area contributed by atoms with E-state index in [0.29, 0.717) is 24.2 Å². The van der Waals surface area contributed by atoms with Crippen LogP contribution in [-0.4, -0.2) is 64.5 Å². The molecule has 1 aromatic heterocycles. The van der Waals surface area contributed by atoms with Crippen molar-refractivity contribution in [1.29, 1.82) is 0 Å². The van der Waals surface area contributed by atoms with E-state index in [-0.39, 0.29) is 5.91 Å². The number of nitrogens with zero attached hydrogens (tertiary/aromatic N) is 5. The van der Waals surface area contributed by atoms with Crippen molar-refractivity contribution >= 4 is 41.1 Å². The molecule has 1 fully saturated rings. The molecule has 2 aliphatic heterocycles. The lowest BCUT2D eigenvalue weighted by atomic mass is 10.2. The van der Waals surface area contributed by atoms with Crippen LogP contribution in [-0.2, 0) is 16.1 Å². The molecule has 0 unspecified atom stereocenters. The summed E-state index contributed by atoms with van der Waals surface area (Å²) in [5.74, 6) is 1.35. The number of amides is 1. The van der Waals surface area contributed by atoms with Crippen LogP contribution in [0.3, 0.4) is 0 Å². The topological polar surface area (TPSA) is 63.5 Å². The summed E-state index contributed by atoms with van der Waals surface area (Å²) in [6.07, 6.45) is 0.988. The van der Waals surface area contributed by atoms with Gasteiger partial charge in [-0.15, -0.1) is 22.0 Å². The Labute approximate surface area is 180 Å². The van der Waals surface area contributed by atoms with Gasteiger partial charge < -0.3 is 14.5 Å². The minimum absolute atomic E-state index is 0.121. The first-order valence-corrected chi connectivity index (χ1v) is 12.0. The molecule has 0 aliphatic carbocycles. The molecule has 0 radical (unpaired) electrons. The zero-order valence-corrected chi connectivity index (χ0v) is 18.5. The maximum Gasteiger partial charge on any atom is 0.237 e. The molecule has 2 aromatic rings. The molecule has 1 saturated heterocycles. The first-order valence-electron chi connectivity index (χ1n) is 10.1. The molecule has 29 heavy (non-hydrogen) atoms. The van der Waals surface area contributed by atoms with Gasteiger partial charge >= 0.3 is 0 Å². The van der Waals surface area contributed by atoms with Crippen LogP contribution >= 0.6 is 23.5 Å². The summed E-state index contributed by atoms with van der Waals surface area (Å²) in [5, 5.41) is 10.1. The van der Waals surface area contributed by atoms with Crippen LogP contribution in [0, 0.1) is 0 Å². The van der Waals surface area contributed by atoms with Gasteiger partial charge in [-0.05, 0) is 25.5 Å². The first kappa shape index (κ1) is 20.6. The fraction of sp³-hybridized carbons (Fsp3) is 0.550. The minimum Gasteiger partial charge on any atom is -0.378 e. The maximum atomic E-state index is 13.1. The molecule has 0 N–H and O–H groups in total. The van der Waals surface area contributed by atoms with Crippen LogP contribution in [0.2, 0.25) is 0 Å². The fourth-order valence-electron chi connectivity index (χ4n) is 3.61. The van der Waals surface area contributed by atoms with Crippen molar-refractivity contribution in [2.75, 3.05) is 48.4 Å². The van der Waals surface area contributed by atoms with Crippen molar-refractivity contribution < 1.29 is 9.53 Å². The number of para-hydroxylation sites is 1. The smallest absolute Gasteiger partial charge is 0.237 e.